The molecule has 3 heterocycles. The zero-order valence-electron chi connectivity index (χ0n) is 22.2. The summed E-state index contributed by atoms with van der Waals surface area (Å²) in [6.07, 6.45) is -0.610. The number of halogens is 3. The normalized spacial score (nSPS) is 19.0. The van der Waals surface area contributed by atoms with Crippen molar-refractivity contribution in [2.75, 3.05) is 32.6 Å². The summed E-state index contributed by atoms with van der Waals surface area (Å²) in [4.78, 5) is 12.8. The van der Waals surface area contributed by atoms with Crippen molar-refractivity contribution in [1.82, 2.24) is 20.4 Å². The van der Waals surface area contributed by atoms with Gasteiger partial charge in [0.1, 0.15) is 11.9 Å². The van der Waals surface area contributed by atoms with Gasteiger partial charge in [-0.25, -0.2) is 13.5 Å². The van der Waals surface area contributed by atoms with Gasteiger partial charge in [0.05, 0.1) is 26.0 Å². The Kier molecular flexibility index (Phi) is 8.97. The second-order valence-corrected chi connectivity index (χ2v) is 9.84. The number of amides is 1. The predicted molar refractivity (Wildman–Crippen MR) is 149 cm³/mol. The van der Waals surface area contributed by atoms with Gasteiger partial charge in [0.15, 0.2) is 11.5 Å². The fourth-order valence-corrected chi connectivity index (χ4v) is 5.29. The van der Waals surface area contributed by atoms with E-state index in [1.807, 2.05) is 31.2 Å². The lowest BCUT2D eigenvalue weighted by Crippen LogP contribution is -2.42. The van der Waals surface area contributed by atoms with E-state index in [4.69, 9.17) is 9.47 Å². The van der Waals surface area contributed by atoms with Crippen LogP contribution in [0.2, 0.25) is 0 Å². The first-order chi connectivity index (χ1) is 18.4. The van der Waals surface area contributed by atoms with Crippen LogP contribution in [0.4, 0.5) is 14.6 Å². The summed E-state index contributed by atoms with van der Waals surface area (Å²) in [6.45, 7) is 3.70. The van der Waals surface area contributed by atoms with Gasteiger partial charge in [-0.1, -0.05) is 12.1 Å². The maximum Gasteiger partial charge on any atom is 0.260 e. The van der Waals surface area contributed by atoms with Crippen LogP contribution < -0.4 is 25.4 Å². The van der Waals surface area contributed by atoms with Crippen molar-refractivity contribution >= 4 is 24.1 Å². The average Bonchev–Trinajstić information content (AvgIpc) is 3.36. The van der Waals surface area contributed by atoms with Gasteiger partial charge in [-0.15, -0.1) is 12.4 Å². The fourth-order valence-electron chi connectivity index (χ4n) is 5.29. The van der Waals surface area contributed by atoms with Gasteiger partial charge in [-0.3, -0.25) is 4.79 Å². The highest BCUT2D eigenvalue weighted by atomic mass is 35.5. The van der Waals surface area contributed by atoms with Crippen LogP contribution in [0.5, 0.6) is 11.5 Å². The molecule has 8 nitrogen and oxygen atoms in total. The van der Waals surface area contributed by atoms with Gasteiger partial charge >= 0.3 is 0 Å². The highest BCUT2D eigenvalue weighted by molar-refractivity contribution is 5.95. The van der Waals surface area contributed by atoms with Crippen LogP contribution in [0.25, 0.3) is 11.3 Å². The molecular formula is C28H34ClF2N5O3. The van der Waals surface area contributed by atoms with E-state index in [-0.39, 0.29) is 36.8 Å². The molecule has 0 saturated carbocycles. The Hall–Kier alpha value is -3.37. The standard InChI is InChI=1S/C28H33F2N5O3.ClH/c1-16-12-18(28(36)32-19-8-10-31-11-9-19)4-6-20(16)22-15-26-33-21(14-23(27(29)30)35(26)34-22)17-5-7-24(37-2)25(13-17)38-3;/h4-7,12-13,15,19,21,23,27,31,33H,8-11,14H2,1-3H3,(H,32,36);1H. The van der Waals surface area contributed by atoms with Crippen molar-refractivity contribution < 1.29 is 23.0 Å². The van der Waals surface area contributed by atoms with Crippen LogP contribution >= 0.6 is 12.4 Å². The van der Waals surface area contributed by atoms with Crippen molar-refractivity contribution in [3.05, 3.63) is 59.2 Å². The number of fused-ring (bicyclic) bond motifs is 1. The van der Waals surface area contributed by atoms with Crippen molar-refractivity contribution in [2.45, 2.75) is 50.7 Å². The molecule has 1 fully saturated rings. The van der Waals surface area contributed by atoms with Gasteiger partial charge in [0, 0.05) is 23.2 Å². The first kappa shape index (κ1) is 28.6. The summed E-state index contributed by atoms with van der Waals surface area (Å²) in [5.74, 6) is 1.53. The van der Waals surface area contributed by atoms with E-state index < -0.39 is 12.5 Å². The minimum atomic E-state index is -2.59. The second-order valence-electron chi connectivity index (χ2n) is 9.84. The molecule has 0 spiro atoms. The molecule has 0 aliphatic carbocycles. The predicted octanol–water partition coefficient (Wildman–Crippen LogP) is 5.14. The molecule has 39 heavy (non-hydrogen) atoms. The Labute approximate surface area is 232 Å². The second kappa shape index (κ2) is 12.2. The number of nitrogens with one attached hydrogen (secondary N) is 3. The lowest BCUT2D eigenvalue weighted by atomic mass is 9.97. The third-order valence-corrected chi connectivity index (χ3v) is 7.39. The van der Waals surface area contributed by atoms with E-state index in [0.29, 0.717) is 28.6 Å². The molecule has 3 aromatic rings. The monoisotopic (exact) mass is 561 g/mol. The Morgan fingerprint density at radius 3 is 2.49 bits per heavy atom. The number of nitrogens with zero attached hydrogens (tertiary/aromatic N) is 2. The lowest BCUT2D eigenvalue weighted by Gasteiger charge is -2.32. The average molecular weight is 562 g/mol. The van der Waals surface area contributed by atoms with Gasteiger partial charge < -0.3 is 25.4 Å². The molecule has 2 aromatic carbocycles. The van der Waals surface area contributed by atoms with E-state index in [1.54, 1.807) is 32.4 Å². The van der Waals surface area contributed by atoms with Crippen LogP contribution in [-0.4, -0.2) is 55.5 Å². The van der Waals surface area contributed by atoms with E-state index in [0.717, 1.165) is 42.6 Å². The number of hydrogen-bond donors (Lipinski definition) is 3. The molecule has 2 atom stereocenters. The highest BCUT2D eigenvalue weighted by Crippen LogP contribution is 2.41. The molecule has 2 aliphatic heterocycles. The molecule has 3 N–H and O–H groups in total. The molecule has 210 valence electrons. The van der Waals surface area contributed by atoms with E-state index in [9.17, 15) is 13.6 Å². The van der Waals surface area contributed by atoms with E-state index in [1.165, 1.54) is 4.68 Å². The van der Waals surface area contributed by atoms with Crippen molar-refractivity contribution in [3.8, 4) is 22.8 Å². The van der Waals surface area contributed by atoms with Crippen LogP contribution in [0.1, 0.15) is 52.8 Å². The van der Waals surface area contributed by atoms with Crippen LogP contribution in [-0.2, 0) is 0 Å². The Balaban J connectivity index is 0.00000353. The number of carbonyl (C=O) groups is 1. The molecule has 2 aliphatic rings. The van der Waals surface area contributed by atoms with Gasteiger partial charge in [0.25, 0.3) is 12.3 Å². The number of carbonyl (C=O) groups excluding carboxylic acids is 1. The maximum atomic E-state index is 14.2. The molecule has 11 heteroatoms. The topological polar surface area (TPSA) is 89.4 Å². The summed E-state index contributed by atoms with van der Waals surface area (Å²) in [5.41, 5.74) is 3.62. The van der Waals surface area contributed by atoms with Crippen LogP contribution in [0, 0.1) is 6.92 Å². The van der Waals surface area contributed by atoms with Crippen LogP contribution in [0.15, 0.2) is 42.5 Å². The minimum Gasteiger partial charge on any atom is -0.493 e. The Bertz CT molecular complexity index is 1310. The van der Waals surface area contributed by atoms with Crippen molar-refractivity contribution in [1.29, 1.82) is 0 Å². The van der Waals surface area contributed by atoms with E-state index >= 15 is 0 Å². The smallest absolute Gasteiger partial charge is 0.260 e. The zero-order chi connectivity index (χ0) is 26.8. The molecule has 5 rings (SSSR count). The fraction of sp³-hybridized carbons (Fsp3) is 0.429. The number of anilines is 1. The molecular weight excluding hydrogens is 528 g/mol. The van der Waals surface area contributed by atoms with Crippen LogP contribution in [0.3, 0.4) is 0 Å². The molecule has 1 aromatic heterocycles. The molecule has 1 amide bonds. The Morgan fingerprint density at radius 1 is 1.08 bits per heavy atom. The number of aryl methyl sites for hydroxylation is 1. The third kappa shape index (κ3) is 5.96. The summed E-state index contributed by atoms with van der Waals surface area (Å²) >= 11 is 0. The highest BCUT2D eigenvalue weighted by Gasteiger charge is 2.35. The van der Waals surface area contributed by atoms with Gasteiger partial charge in [0.2, 0.25) is 0 Å². The third-order valence-electron chi connectivity index (χ3n) is 7.39. The number of piperidine rings is 1. The largest absolute Gasteiger partial charge is 0.493 e. The molecule has 0 bridgehead atoms. The molecule has 2 unspecified atom stereocenters. The SMILES string of the molecule is COc1ccc(C2CC(C(F)F)n3nc(-c4ccc(C(=O)NC5CCNCC5)cc4C)cc3N2)cc1OC.Cl. The Morgan fingerprint density at radius 2 is 1.82 bits per heavy atom. The van der Waals surface area contributed by atoms with Gasteiger partial charge in [-0.2, -0.15) is 5.10 Å². The number of alkyl halides is 2. The maximum absolute atomic E-state index is 14.2. The summed E-state index contributed by atoms with van der Waals surface area (Å²) in [5, 5.41) is 14.3. The summed E-state index contributed by atoms with van der Waals surface area (Å²) in [6, 6.07) is 11.4. The quantitative estimate of drug-likeness (QED) is 0.370. The number of benzene rings is 2. The first-order valence-corrected chi connectivity index (χ1v) is 12.9. The van der Waals surface area contributed by atoms with E-state index in [2.05, 4.69) is 21.0 Å². The number of ether oxygens (including phenoxy) is 2. The molecule has 0 radical (unpaired) electrons. The summed E-state index contributed by atoms with van der Waals surface area (Å²) < 4.78 is 40.5. The van der Waals surface area contributed by atoms with Crippen molar-refractivity contribution in [2.24, 2.45) is 0 Å². The first-order valence-electron chi connectivity index (χ1n) is 12.9. The molecule has 1 saturated heterocycles. The number of hydrogen-bond acceptors (Lipinski definition) is 6. The van der Waals surface area contributed by atoms with Crippen molar-refractivity contribution in [3.63, 3.8) is 0 Å². The minimum absolute atomic E-state index is 0. The zero-order valence-corrected chi connectivity index (χ0v) is 23.0. The number of rotatable bonds is 7. The lowest BCUT2D eigenvalue weighted by molar-refractivity contribution is 0.0659. The number of aromatic nitrogens is 2. The van der Waals surface area contributed by atoms with Gasteiger partial charge in [-0.05, 0) is 74.7 Å². The number of methoxy groups -OCH3 is 2. The summed E-state index contributed by atoms with van der Waals surface area (Å²) in [7, 11) is 3.10.